The van der Waals surface area contributed by atoms with Crippen molar-refractivity contribution in [2.24, 2.45) is 11.7 Å². The molecule has 3 nitrogen and oxygen atoms in total. The molecular formula is C18H28N2O. The van der Waals surface area contributed by atoms with Gasteiger partial charge in [0.1, 0.15) is 5.75 Å². The third-order valence-electron chi connectivity index (χ3n) is 5.27. The maximum Gasteiger partial charge on any atom is 0.125 e. The van der Waals surface area contributed by atoms with Gasteiger partial charge in [0.2, 0.25) is 0 Å². The Balaban J connectivity index is 1.98. The van der Waals surface area contributed by atoms with Crippen molar-refractivity contribution in [2.75, 3.05) is 18.6 Å². The van der Waals surface area contributed by atoms with Crippen LogP contribution >= 0.6 is 0 Å². The van der Waals surface area contributed by atoms with Crippen molar-refractivity contribution in [3.8, 4) is 5.75 Å². The van der Waals surface area contributed by atoms with Crippen LogP contribution in [-0.2, 0) is 0 Å². The van der Waals surface area contributed by atoms with Crippen LogP contribution in [0.4, 0.5) is 5.69 Å². The SMILES string of the molecule is COc1cccc(N2CCCC3CCCCC32)c1[C@H](C)N. The first kappa shape index (κ1) is 14.7. The molecule has 1 aromatic carbocycles. The van der Waals surface area contributed by atoms with Gasteiger partial charge in [-0.3, -0.25) is 0 Å². The van der Waals surface area contributed by atoms with Crippen molar-refractivity contribution in [1.82, 2.24) is 0 Å². The predicted octanol–water partition coefficient (Wildman–Crippen LogP) is 3.87. The van der Waals surface area contributed by atoms with Gasteiger partial charge in [0.05, 0.1) is 7.11 Å². The van der Waals surface area contributed by atoms with E-state index in [1.54, 1.807) is 7.11 Å². The summed E-state index contributed by atoms with van der Waals surface area (Å²) in [4.78, 5) is 2.63. The van der Waals surface area contributed by atoms with Crippen LogP contribution in [0.2, 0.25) is 0 Å². The zero-order valence-electron chi connectivity index (χ0n) is 13.3. The van der Waals surface area contributed by atoms with Gasteiger partial charge in [0.25, 0.3) is 0 Å². The standard InChI is InChI=1S/C18H28N2O/c1-13(19)18-16(10-5-11-17(18)21-2)20-12-6-8-14-7-3-4-9-15(14)20/h5,10-11,13-15H,3-4,6-9,12,19H2,1-2H3/t13-,14?,15?/m0/s1. The van der Waals surface area contributed by atoms with Gasteiger partial charge >= 0.3 is 0 Å². The maximum atomic E-state index is 6.26. The Labute approximate surface area is 128 Å². The van der Waals surface area contributed by atoms with Crippen molar-refractivity contribution in [3.05, 3.63) is 23.8 Å². The van der Waals surface area contributed by atoms with E-state index in [0.29, 0.717) is 6.04 Å². The van der Waals surface area contributed by atoms with Gasteiger partial charge in [-0.2, -0.15) is 0 Å². The second-order valence-corrected chi connectivity index (χ2v) is 6.63. The Morgan fingerprint density at radius 1 is 1.19 bits per heavy atom. The van der Waals surface area contributed by atoms with Gasteiger partial charge in [-0.15, -0.1) is 0 Å². The lowest BCUT2D eigenvalue weighted by Gasteiger charge is -2.46. The summed E-state index contributed by atoms with van der Waals surface area (Å²) in [5, 5.41) is 0. The van der Waals surface area contributed by atoms with E-state index in [1.807, 2.05) is 6.07 Å². The summed E-state index contributed by atoms with van der Waals surface area (Å²) >= 11 is 0. The Kier molecular flexibility index (Phi) is 4.39. The van der Waals surface area contributed by atoms with Crippen LogP contribution in [0.25, 0.3) is 0 Å². The van der Waals surface area contributed by atoms with E-state index in [1.165, 1.54) is 49.8 Å². The minimum atomic E-state index is 0.000108. The van der Waals surface area contributed by atoms with E-state index in [-0.39, 0.29) is 6.04 Å². The van der Waals surface area contributed by atoms with E-state index >= 15 is 0 Å². The topological polar surface area (TPSA) is 38.5 Å². The van der Waals surface area contributed by atoms with Crippen LogP contribution in [0.15, 0.2) is 18.2 Å². The molecule has 1 heterocycles. The van der Waals surface area contributed by atoms with Crippen molar-refractivity contribution in [1.29, 1.82) is 0 Å². The normalized spacial score (nSPS) is 27.1. The van der Waals surface area contributed by atoms with E-state index < -0.39 is 0 Å². The number of ether oxygens (including phenoxy) is 1. The number of methoxy groups -OCH3 is 1. The van der Waals surface area contributed by atoms with Crippen LogP contribution in [0.5, 0.6) is 5.75 Å². The molecule has 0 spiro atoms. The summed E-state index contributed by atoms with van der Waals surface area (Å²) in [7, 11) is 1.74. The lowest BCUT2D eigenvalue weighted by Crippen LogP contribution is -2.47. The van der Waals surface area contributed by atoms with Crippen molar-refractivity contribution in [3.63, 3.8) is 0 Å². The number of rotatable bonds is 3. The monoisotopic (exact) mass is 288 g/mol. The highest BCUT2D eigenvalue weighted by molar-refractivity contribution is 5.61. The highest BCUT2D eigenvalue weighted by Crippen LogP contribution is 2.41. The number of benzene rings is 1. The molecule has 1 saturated heterocycles. The van der Waals surface area contributed by atoms with E-state index in [0.717, 1.165) is 18.2 Å². The summed E-state index contributed by atoms with van der Waals surface area (Å²) < 4.78 is 5.57. The minimum absolute atomic E-state index is 0.000108. The largest absolute Gasteiger partial charge is 0.496 e. The number of piperidine rings is 1. The van der Waals surface area contributed by atoms with Crippen LogP contribution in [0.1, 0.15) is 57.1 Å². The van der Waals surface area contributed by atoms with E-state index in [2.05, 4.69) is 24.0 Å². The molecule has 1 aliphatic heterocycles. The highest BCUT2D eigenvalue weighted by Gasteiger charge is 2.34. The quantitative estimate of drug-likeness (QED) is 0.917. The molecule has 116 valence electrons. The van der Waals surface area contributed by atoms with Gasteiger partial charge < -0.3 is 15.4 Å². The van der Waals surface area contributed by atoms with E-state index in [4.69, 9.17) is 10.5 Å². The summed E-state index contributed by atoms with van der Waals surface area (Å²) in [6.07, 6.45) is 8.22. The van der Waals surface area contributed by atoms with Gasteiger partial charge in [-0.05, 0) is 50.7 Å². The Bertz CT molecular complexity index is 484. The predicted molar refractivity (Wildman–Crippen MR) is 87.9 cm³/mol. The number of nitrogens with zero attached hydrogens (tertiary/aromatic N) is 1. The molecule has 2 aliphatic rings. The second-order valence-electron chi connectivity index (χ2n) is 6.63. The van der Waals surface area contributed by atoms with E-state index in [9.17, 15) is 0 Å². The average Bonchev–Trinajstić information content (AvgIpc) is 2.53. The number of nitrogens with two attached hydrogens (primary N) is 1. The fourth-order valence-electron chi connectivity index (χ4n) is 4.34. The summed E-state index contributed by atoms with van der Waals surface area (Å²) in [6, 6.07) is 7.08. The molecule has 1 saturated carbocycles. The molecule has 0 radical (unpaired) electrons. The lowest BCUT2D eigenvalue weighted by atomic mass is 9.78. The zero-order chi connectivity index (χ0) is 14.8. The number of anilines is 1. The van der Waals surface area contributed by atoms with Crippen LogP contribution < -0.4 is 15.4 Å². The first-order valence-electron chi connectivity index (χ1n) is 8.41. The van der Waals surface area contributed by atoms with Gasteiger partial charge in [-0.25, -0.2) is 0 Å². The summed E-state index contributed by atoms with van der Waals surface area (Å²) in [5.41, 5.74) is 8.74. The molecule has 0 aromatic heterocycles. The van der Waals surface area contributed by atoms with Crippen molar-refractivity contribution < 1.29 is 4.74 Å². The molecule has 1 aromatic rings. The van der Waals surface area contributed by atoms with Crippen LogP contribution in [0.3, 0.4) is 0 Å². The minimum Gasteiger partial charge on any atom is -0.496 e. The molecule has 1 aliphatic carbocycles. The van der Waals surface area contributed by atoms with Gasteiger partial charge in [-0.1, -0.05) is 18.9 Å². The van der Waals surface area contributed by atoms with Crippen LogP contribution in [-0.4, -0.2) is 19.7 Å². The molecule has 0 amide bonds. The van der Waals surface area contributed by atoms with Gasteiger partial charge in [0, 0.05) is 29.9 Å². The molecule has 21 heavy (non-hydrogen) atoms. The Hall–Kier alpha value is -1.22. The molecule has 2 unspecified atom stereocenters. The molecule has 2 N–H and O–H groups in total. The van der Waals surface area contributed by atoms with Crippen LogP contribution in [0, 0.1) is 5.92 Å². The molecular weight excluding hydrogens is 260 g/mol. The third-order valence-corrected chi connectivity index (χ3v) is 5.27. The van der Waals surface area contributed by atoms with Crippen molar-refractivity contribution >= 4 is 5.69 Å². The fourth-order valence-corrected chi connectivity index (χ4v) is 4.34. The van der Waals surface area contributed by atoms with Gasteiger partial charge in [0.15, 0.2) is 0 Å². The molecule has 2 fully saturated rings. The number of fused-ring (bicyclic) bond motifs is 1. The summed E-state index contributed by atoms with van der Waals surface area (Å²) in [6.45, 7) is 3.22. The first-order valence-corrected chi connectivity index (χ1v) is 8.41. The third kappa shape index (κ3) is 2.76. The average molecular weight is 288 g/mol. The Morgan fingerprint density at radius 2 is 1.95 bits per heavy atom. The molecule has 3 heteroatoms. The smallest absolute Gasteiger partial charge is 0.125 e. The zero-order valence-corrected chi connectivity index (χ0v) is 13.3. The summed E-state index contributed by atoms with van der Waals surface area (Å²) in [5.74, 6) is 1.81. The van der Waals surface area contributed by atoms with Crippen molar-refractivity contribution in [2.45, 2.75) is 57.5 Å². The molecule has 3 atom stereocenters. The number of hydrogen-bond donors (Lipinski definition) is 1. The number of hydrogen-bond acceptors (Lipinski definition) is 3. The Morgan fingerprint density at radius 3 is 2.71 bits per heavy atom. The molecule has 3 rings (SSSR count). The lowest BCUT2D eigenvalue weighted by molar-refractivity contribution is 0.243. The maximum absolute atomic E-state index is 6.26. The molecule has 0 bridgehead atoms. The highest BCUT2D eigenvalue weighted by atomic mass is 16.5. The fraction of sp³-hybridized carbons (Fsp3) is 0.667. The first-order chi connectivity index (χ1) is 10.2. The second kappa shape index (κ2) is 6.27.